The van der Waals surface area contributed by atoms with Gasteiger partial charge in [-0.25, -0.2) is 4.79 Å². The number of halogens is 3. The molecule has 0 saturated carbocycles. The summed E-state index contributed by atoms with van der Waals surface area (Å²) in [7, 11) is 0. The summed E-state index contributed by atoms with van der Waals surface area (Å²) in [4.78, 5) is 11.5. The predicted molar refractivity (Wildman–Crippen MR) is 58.9 cm³/mol. The number of unbranched alkanes of at least 4 members (excludes halogenated alkanes) is 2. The molecule has 0 unspecified atom stereocenters. The number of carboxylic acids is 1. The Balaban J connectivity index is 0.000000325. The molecular weight excluding hydrogens is 235 g/mol. The molecule has 3 nitrogen and oxygen atoms in total. The van der Waals surface area contributed by atoms with Crippen molar-refractivity contribution in [2.75, 3.05) is 19.6 Å². The third kappa shape index (κ3) is 8.97. The summed E-state index contributed by atoms with van der Waals surface area (Å²) < 4.78 is 31.7. The van der Waals surface area contributed by atoms with Gasteiger partial charge in [0, 0.05) is 0 Å². The molecule has 0 atom stereocenters. The summed E-state index contributed by atoms with van der Waals surface area (Å²) in [6, 6.07) is 0. The standard InChI is InChI=1S/C9H19N.C2HF3O2/c1-2-3-4-7-10-8-5-6-9-10;3-2(4,5)1(6)7/h2-9H2,1H3;(H,6,7). The number of carbonyl (C=O) groups is 1. The lowest BCUT2D eigenvalue weighted by atomic mass is 10.2. The van der Waals surface area contributed by atoms with E-state index in [1.54, 1.807) is 0 Å². The van der Waals surface area contributed by atoms with E-state index in [9.17, 15) is 13.2 Å². The van der Waals surface area contributed by atoms with E-state index < -0.39 is 12.1 Å². The monoisotopic (exact) mass is 255 g/mol. The molecule has 0 spiro atoms. The quantitative estimate of drug-likeness (QED) is 0.785. The smallest absolute Gasteiger partial charge is 0.475 e. The van der Waals surface area contributed by atoms with Gasteiger partial charge in [-0.3, -0.25) is 0 Å². The first kappa shape index (κ1) is 16.2. The maximum absolute atomic E-state index is 10.6. The second-order valence-electron chi connectivity index (χ2n) is 4.06. The van der Waals surface area contributed by atoms with Crippen LogP contribution in [-0.4, -0.2) is 41.8 Å². The third-order valence-electron chi connectivity index (χ3n) is 2.52. The Labute approximate surface area is 99.6 Å². The van der Waals surface area contributed by atoms with Crippen LogP contribution in [0.2, 0.25) is 0 Å². The number of nitrogens with zero attached hydrogens (tertiary/aromatic N) is 1. The van der Waals surface area contributed by atoms with Crippen LogP contribution in [0.1, 0.15) is 39.0 Å². The molecule has 0 aromatic carbocycles. The Kier molecular flexibility index (Phi) is 7.95. The van der Waals surface area contributed by atoms with Crippen LogP contribution >= 0.6 is 0 Å². The van der Waals surface area contributed by atoms with Gasteiger partial charge in [-0.05, 0) is 38.9 Å². The molecule has 1 aliphatic heterocycles. The first-order valence-corrected chi connectivity index (χ1v) is 5.90. The van der Waals surface area contributed by atoms with Crippen molar-refractivity contribution in [1.29, 1.82) is 0 Å². The van der Waals surface area contributed by atoms with Crippen LogP contribution in [0, 0.1) is 0 Å². The lowest BCUT2D eigenvalue weighted by Crippen LogP contribution is -2.21. The van der Waals surface area contributed by atoms with Crippen molar-refractivity contribution >= 4 is 5.97 Å². The number of aliphatic carboxylic acids is 1. The van der Waals surface area contributed by atoms with Gasteiger partial charge in [0.1, 0.15) is 0 Å². The van der Waals surface area contributed by atoms with E-state index >= 15 is 0 Å². The average molecular weight is 255 g/mol. The van der Waals surface area contributed by atoms with Crippen molar-refractivity contribution in [3.63, 3.8) is 0 Å². The van der Waals surface area contributed by atoms with Crippen LogP contribution < -0.4 is 0 Å². The highest BCUT2D eigenvalue weighted by atomic mass is 19.4. The van der Waals surface area contributed by atoms with Crippen molar-refractivity contribution in [3.05, 3.63) is 0 Å². The van der Waals surface area contributed by atoms with Crippen molar-refractivity contribution < 1.29 is 23.1 Å². The van der Waals surface area contributed by atoms with Crippen molar-refractivity contribution in [1.82, 2.24) is 4.90 Å². The minimum atomic E-state index is -5.08. The molecule has 1 aliphatic rings. The Bertz CT molecular complexity index is 213. The molecule has 0 amide bonds. The molecule has 1 N–H and O–H groups in total. The highest BCUT2D eigenvalue weighted by Crippen LogP contribution is 2.13. The first-order valence-electron chi connectivity index (χ1n) is 5.90. The van der Waals surface area contributed by atoms with Gasteiger partial charge < -0.3 is 10.0 Å². The zero-order valence-corrected chi connectivity index (χ0v) is 10.1. The third-order valence-corrected chi connectivity index (χ3v) is 2.52. The van der Waals surface area contributed by atoms with Gasteiger partial charge >= 0.3 is 12.1 Å². The van der Waals surface area contributed by atoms with E-state index in [-0.39, 0.29) is 0 Å². The summed E-state index contributed by atoms with van der Waals surface area (Å²) in [6.07, 6.45) is 1.97. The van der Waals surface area contributed by atoms with E-state index in [1.165, 1.54) is 51.7 Å². The van der Waals surface area contributed by atoms with E-state index in [0.29, 0.717) is 0 Å². The molecule has 1 fully saturated rings. The number of rotatable bonds is 4. The second-order valence-corrected chi connectivity index (χ2v) is 4.06. The highest BCUT2D eigenvalue weighted by molar-refractivity contribution is 5.73. The van der Waals surface area contributed by atoms with Gasteiger partial charge in [-0.1, -0.05) is 19.8 Å². The van der Waals surface area contributed by atoms with Crippen LogP contribution in [0.4, 0.5) is 13.2 Å². The summed E-state index contributed by atoms with van der Waals surface area (Å²) in [5.74, 6) is -2.76. The molecule has 0 radical (unpaired) electrons. The molecular formula is C11H20F3NO2. The Morgan fingerprint density at radius 2 is 1.71 bits per heavy atom. The number of likely N-dealkylation sites (tertiary alicyclic amines) is 1. The van der Waals surface area contributed by atoms with E-state index in [4.69, 9.17) is 9.90 Å². The Morgan fingerprint density at radius 3 is 2.06 bits per heavy atom. The lowest BCUT2D eigenvalue weighted by Gasteiger charge is -2.12. The minimum Gasteiger partial charge on any atom is -0.475 e. The summed E-state index contributed by atoms with van der Waals surface area (Å²) in [5.41, 5.74) is 0. The van der Waals surface area contributed by atoms with Crippen molar-refractivity contribution in [3.8, 4) is 0 Å². The Morgan fingerprint density at radius 1 is 1.24 bits per heavy atom. The maximum Gasteiger partial charge on any atom is 0.490 e. The van der Waals surface area contributed by atoms with E-state index in [0.717, 1.165) is 0 Å². The Hall–Kier alpha value is -0.780. The van der Waals surface area contributed by atoms with Crippen molar-refractivity contribution in [2.24, 2.45) is 0 Å². The van der Waals surface area contributed by atoms with Gasteiger partial charge in [-0.2, -0.15) is 13.2 Å². The van der Waals surface area contributed by atoms with Crippen LogP contribution in [0.5, 0.6) is 0 Å². The maximum atomic E-state index is 10.6. The summed E-state index contributed by atoms with van der Waals surface area (Å²) in [6.45, 7) is 6.35. The number of alkyl halides is 3. The molecule has 1 heterocycles. The van der Waals surface area contributed by atoms with Gasteiger partial charge in [0.15, 0.2) is 0 Å². The number of hydrogen-bond acceptors (Lipinski definition) is 2. The minimum absolute atomic E-state index is 1.36. The molecule has 17 heavy (non-hydrogen) atoms. The fourth-order valence-corrected chi connectivity index (χ4v) is 1.59. The van der Waals surface area contributed by atoms with Crippen molar-refractivity contribution in [2.45, 2.75) is 45.2 Å². The van der Waals surface area contributed by atoms with Crippen LogP contribution in [-0.2, 0) is 4.79 Å². The average Bonchev–Trinajstić information content (AvgIpc) is 2.70. The topological polar surface area (TPSA) is 40.5 Å². The number of carboxylic acid groups (broad SMARTS) is 1. The summed E-state index contributed by atoms with van der Waals surface area (Å²) >= 11 is 0. The van der Waals surface area contributed by atoms with E-state index in [1.807, 2.05) is 0 Å². The predicted octanol–water partition coefficient (Wildman–Crippen LogP) is 2.91. The zero-order chi connectivity index (χ0) is 13.3. The fraction of sp³-hybridized carbons (Fsp3) is 0.909. The van der Waals surface area contributed by atoms with Crippen LogP contribution in [0.25, 0.3) is 0 Å². The molecule has 0 bridgehead atoms. The molecule has 1 saturated heterocycles. The second kappa shape index (κ2) is 8.33. The van der Waals surface area contributed by atoms with Gasteiger partial charge in [-0.15, -0.1) is 0 Å². The first-order chi connectivity index (χ1) is 7.88. The highest BCUT2D eigenvalue weighted by Gasteiger charge is 2.38. The zero-order valence-electron chi connectivity index (χ0n) is 10.1. The van der Waals surface area contributed by atoms with Gasteiger partial charge in [0.05, 0.1) is 0 Å². The summed E-state index contributed by atoms with van der Waals surface area (Å²) in [5, 5.41) is 7.12. The van der Waals surface area contributed by atoms with Gasteiger partial charge in [0.2, 0.25) is 0 Å². The molecule has 6 heteroatoms. The molecule has 1 rings (SSSR count). The van der Waals surface area contributed by atoms with E-state index in [2.05, 4.69) is 11.8 Å². The molecule has 0 aromatic heterocycles. The molecule has 102 valence electrons. The van der Waals surface area contributed by atoms with Crippen LogP contribution in [0.15, 0.2) is 0 Å². The lowest BCUT2D eigenvalue weighted by molar-refractivity contribution is -0.192. The number of hydrogen-bond donors (Lipinski definition) is 1. The molecule has 0 aromatic rings. The normalized spacial score (nSPS) is 16.5. The van der Waals surface area contributed by atoms with Crippen LogP contribution in [0.3, 0.4) is 0 Å². The molecule has 0 aliphatic carbocycles. The fourth-order valence-electron chi connectivity index (χ4n) is 1.59. The SMILES string of the molecule is CCCCCN1CCCC1.O=C(O)C(F)(F)F. The van der Waals surface area contributed by atoms with Gasteiger partial charge in [0.25, 0.3) is 0 Å². The largest absolute Gasteiger partial charge is 0.490 e.